The molecule has 1 saturated heterocycles. The van der Waals surface area contributed by atoms with Crippen molar-refractivity contribution in [1.29, 1.82) is 0 Å². The maximum Gasteiger partial charge on any atom is 0.260 e. The lowest BCUT2D eigenvalue weighted by molar-refractivity contribution is -0.136. The monoisotopic (exact) mass is 292 g/mol. The van der Waals surface area contributed by atoms with Crippen molar-refractivity contribution in [1.82, 2.24) is 4.90 Å². The lowest BCUT2D eigenvalue weighted by Crippen LogP contribution is -2.44. The zero-order valence-corrected chi connectivity index (χ0v) is 12.7. The van der Waals surface area contributed by atoms with Crippen LogP contribution >= 0.6 is 12.2 Å². The molecule has 0 unspecified atom stereocenters. The van der Waals surface area contributed by atoms with Gasteiger partial charge in [0.1, 0.15) is 10.7 Å². The summed E-state index contributed by atoms with van der Waals surface area (Å²) in [6, 6.07) is 7.24. The fraction of sp³-hybridized carbons (Fsp3) is 0.467. The zero-order chi connectivity index (χ0) is 14.8. The number of para-hydroxylation sites is 1. The maximum atomic E-state index is 12.3. The van der Waals surface area contributed by atoms with Crippen molar-refractivity contribution >= 4 is 23.1 Å². The summed E-state index contributed by atoms with van der Waals surface area (Å²) in [7, 11) is 0. The summed E-state index contributed by atoms with van der Waals surface area (Å²) in [6.45, 7) is 4.98. The third kappa shape index (κ3) is 3.10. The van der Waals surface area contributed by atoms with E-state index in [-0.39, 0.29) is 23.0 Å². The van der Waals surface area contributed by atoms with Crippen molar-refractivity contribution in [2.45, 2.75) is 32.2 Å². The number of thiocarbonyl (C=S) groups is 1. The first-order chi connectivity index (χ1) is 9.42. The van der Waals surface area contributed by atoms with Crippen LogP contribution in [0.5, 0.6) is 5.75 Å². The topological polar surface area (TPSA) is 55.6 Å². The minimum absolute atomic E-state index is 0.00485. The molecule has 1 fully saturated rings. The first-order valence-corrected chi connectivity index (χ1v) is 7.15. The van der Waals surface area contributed by atoms with E-state index in [4.69, 9.17) is 22.7 Å². The number of hydrogen-bond donors (Lipinski definition) is 1. The summed E-state index contributed by atoms with van der Waals surface area (Å²) in [4.78, 5) is 14.4. The molecule has 5 heteroatoms. The highest BCUT2D eigenvalue weighted by Crippen LogP contribution is 2.28. The first kappa shape index (κ1) is 14.8. The summed E-state index contributed by atoms with van der Waals surface area (Å²) in [5, 5.41) is 0. The Bertz CT molecular complexity index is 528. The molecular formula is C15H20N2O2S. The Labute approximate surface area is 124 Å². The number of benzene rings is 1. The van der Waals surface area contributed by atoms with E-state index in [0.29, 0.717) is 11.3 Å². The molecule has 1 aromatic rings. The lowest BCUT2D eigenvalue weighted by Gasteiger charge is -2.31. The van der Waals surface area contributed by atoms with Gasteiger partial charge in [-0.15, -0.1) is 0 Å². The van der Waals surface area contributed by atoms with Crippen LogP contribution in [-0.4, -0.2) is 34.5 Å². The molecule has 2 N–H and O–H groups in total. The lowest BCUT2D eigenvalue weighted by atomic mass is 10.0. The number of carbonyl (C=O) groups is 1. The Kier molecular flexibility index (Phi) is 4.28. The predicted octanol–water partition coefficient (Wildman–Crippen LogP) is 2.10. The molecule has 108 valence electrons. The maximum absolute atomic E-state index is 12.3. The van der Waals surface area contributed by atoms with Gasteiger partial charge in [-0.25, -0.2) is 0 Å². The van der Waals surface area contributed by atoms with E-state index >= 15 is 0 Å². The van der Waals surface area contributed by atoms with Crippen LogP contribution in [0.15, 0.2) is 24.3 Å². The minimum atomic E-state index is -0.0802. The Balaban J connectivity index is 2.02. The number of rotatable bonds is 4. The zero-order valence-electron chi connectivity index (χ0n) is 11.9. The predicted molar refractivity (Wildman–Crippen MR) is 82.9 cm³/mol. The quantitative estimate of drug-likeness (QED) is 0.864. The standard InChI is InChI=1S/C15H20N2O2S/c1-15(2)8-5-9-17(15)13(18)10-19-12-7-4-3-6-11(12)14(16)20/h3-4,6-7H,5,8-10H2,1-2H3,(H2,16,20). The van der Waals surface area contributed by atoms with Crippen molar-refractivity contribution in [3.8, 4) is 5.75 Å². The van der Waals surface area contributed by atoms with E-state index in [1.54, 1.807) is 12.1 Å². The van der Waals surface area contributed by atoms with Crippen molar-refractivity contribution in [2.24, 2.45) is 5.73 Å². The second kappa shape index (κ2) is 5.79. The smallest absolute Gasteiger partial charge is 0.260 e. The molecule has 1 aliphatic rings. The van der Waals surface area contributed by atoms with Gasteiger partial charge in [0.25, 0.3) is 5.91 Å². The van der Waals surface area contributed by atoms with E-state index < -0.39 is 0 Å². The average Bonchev–Trinajstić information content (AvgIpc) is 2.76. The highest BCUT2D eigenvalue weighted by molar-refractivity contribution is 7.80. The summed E-state index contributed by atoms with van der Waals surface area (Å²) < 4.78 is 5.61. The SMILES string of the molecule is CC1(C)CCCN1C(=O)COc1ccccc1C(N)=S. The Morgan fingerprint density at radius 1 is 1.45 bits per heavy atom. The molecule has 20 heavy (non-hydrogen) atoms. The van der Waals surface area contributed by atoms with Crippen LogP contribution in [0, 0.1) is 0 Å². The second-order valence-corrected chi connectivity index (χ2v) is 6.05. The Morgan fingerprint density at radius 3 is 2.75 bits per heavy atom. The fourth-order valence-electron chi connectivity index (χ4n) is 2.58. The van der Waals surface area contributed by atoms with Crippen LogP contribution in [-0.2, 0) is 4.79 Å². The third-order valence-electron chi connectivity index (χ3n) is 3.71. The van der Waals surface area contributed by atoms with E-state index in [1.165, 1.54) is 0 Å². The summed E-state index contributed by atoms with van der Waals surface area (Å²) in [5.41, 5.74) is 6.22. The summed E-state index contributed by atoms with van der Waals surface area (Å²) >= 11 is 4.98. The number of likely N-dealkylation sites (tertiary alicyclic amines) is 1. The van der Waals surface area contributed by atoms with Gasteiger partial charge in [0.2, 0.25) is 0 Å². The van der Waals surface area contributed by atoms with Crippen LogP contribution in [0.1, 0.15) is 32.3 Å². The van der Waals surface area contributed by atoms with Gasteiger partial charge >= 0.3 is 0 Å². The molecule has 0 spiro atoms. The molecule has 0 bridgehead atoms. The van der Waals surface area contributed by atoms with E-state index in [9.17, 15) is 4.79 Å². The first-order valence-electron chi connectivity index (χ1n) is 6.74. The molecular weight excluding hydrogens is 272 g/mol. The van der Waals surface area contributed by atoms with Gasteiger partial charge in [0, 0.05) is 12.1 Å². The van der Waals surface area contributed by atoms with Crippen molar-refractivity contribution in [2.75, 3.05) is 13.2 Å². The summed E-state index contributed by atoms with van der Waals surface area (Å²) in [5.74, 6) is 0.565. The highest BCUT2D eigenvalue weighted by atomic mass is 32.1. The van der Waals surface area contributed by atoms with Gasteiger partial charge in [-0.1, -0.05) is 24.4 Å². The highest BCUT2D eigenvalue weighted by Gasteiger charge is 2.35. The normalized spacial score (nSPS) is 17.0. The minimum Gasteiger partial charge on any atom is -0.483 e. The molecule has 2 rings (SSSR count). The Hall–Kier alpha value is -1.62. The third-order valence-corrected chi connectivity index (χ3v) is 3.93. The van der Waals surface area contributed by atoms with Gasteiger partial charge in [-0.2, -0.15) is 0 Å². The van der Waals surface area contributed by atoms with Crippen molar-refractivity contribution in [3.63, 3.8) is 0 Å². The number of hydrogen-bond acceptors (Lipinski definition) is 3. The number of amides is 1. The van der Waals surface area contributed by atoms with Crippen LogP contribution in [0.3, 0.4) is 0 Å². The molecule has 1 heterocycles. The van der Waals surface area contributed by atoms with Gasteiger partial charge in [-0.05, 0) is 38.8 Å². The molecule has 4 nitrogen and oxygen atoms in total. The number of ether oxygens (including phenoxy) is 1. The molecule has 1 aromatic carbocycles. The molecule has 1 amide bonds. The van der Waals surface area contributed by atoms with Gasteiger partial charge in [-0.3, -0.25) is 4.79 Å². The molecule has 0 saturated carbocycles. The average molecular weight is 292 g/mol. The summed E-state index contributed by atoms with van der Waals surface area (Å²) in [6.07, 6.45) is 2.07. The molecule has 0 atom stereocenters. The molecule has 0 aliphatic carbocycles. The molecule has 0 aromatic heterocycles. The van der Waals surface area contributed by atoms with Crippen LogP contribution < -0.4 is 10.5 Å². The number of nitrogens with zero attached hydrogens (tertiary/aromatic N) is 1. The van der Waals surface area contributed by atoms with Crippen molar-refractivity contribution in [3.05, 3.63) is 29.8 Å². The Morgan fingerprint density at radius 2 is 2.15 bits per heavy atom. The van der Waals surface area contributed by atoms with E-state index in [2.05, 4.69) is 13.8 Å². The van der Waals surface area contributed by atoms with Crippen molar-refractivity contribution < 1.29 is 9.53 Å². The second-order valence-electron chi connectivity index (χ2n) is 5.61. The van der Waals surface area contributed by atoms with Gasteiger partial charge in [0.15, 0.2) is 6.61 Å². The number of carbonyl (C=O) groups excluding carboxylic acids is 1. The van der Waals surface area contributed by atoms with Crippen LogP contribution in [0.25, 0.3) is 0 Å². The van der Waals surface area contributed by atoms with Crippen LogP contribution in [0.2, 0.25) is 0 Å². The van der Waals surface area contributed by atoms with E-state index in [0.717, 1.165) is 19.4 Å². The number of nitrogens with two attached hydrogens (primary N) is 1. The molecule has 0 radical (unpaired) electrons. The van der Waals surface area contributed by atoms with Gasteiger partial charge < -0.3 is 15.4 Å². The fourth-order valence-corrected chi connectivity index (χ4v) is 2.75. The largest absolute Gasteiger partial charge is 0.483 e. The van der Waals surface area contributed by atoms with E-state index in [1.807, 2.05) is 17.0 Å². The van der Waals surface area contributed by atoms with Gasteiger partial charge in [0.05, 0.1) is 5.56 Å². The molecule has 1 aliphatic heterocycles. The van der Waals surface area contributed by atoms with Crippen LogP contribution in [0.4, 0.5) is 0 Å².